The normalized spacial score (nSPS) is 37.4. The molecule has 0 saturated heterocycles. The Labute approximate surface area is 95.0 Å². The van der Waals surface area contributed by atoms with Gasteiger partial charge in [-0.15, -0.1) is 0 Å². The van der Waals surface area contributed by atoms with E-state index < -0.39 is 0 Å². The Balaban J connectivity index is 1.85. The van der Waals surface area contributed by atoms with Crippen LogP contribution in [0.25, 0.3) is 0 Å². The lowest BCUT2D eigenvalue weighted by atomic mass is 9.84. The van der Waals surface area contributed by atoms with Gasteiger partial charge in [-0.1, -0.05) is 27.2 Å². The molecule has 0 spiro atoms. The topological polar surface area (TPSA) is 12.0 Å². The summed E-state index contributed by atoms with van der Waals surface area (Å²) in [6.45, 7) is 8.24. The molecule has 0 aromatic rings. The maximum Gasteiger partial charge on any atom is 0.0121 e. The molecular formula is C14H27N. The minimum absolute atomic E-state index is 0.808. The predicted molar refractivity (Wildman–Crippen MR) is 65.9 cm³/mol. The summed E-state index contributed by atoms with van der Waals surface area (Å²) in [5.74, 6) is 4.12. The quantitative estimate of drug-likeness (QED) is 0.706. The van der Waals surface area contributed by atoms with Gasteiger partial charge in [-0.3, -0.25) is 0 Å². The van der Waals surface area contributed by atoms with Crippen LogP contribution < -0.4 is 5.32 Å². The van der Waals surface area contributed by atoms with Crippen LogP contribution in [-0.2, 0) is 0 Å². The van der Waals surface area contributed by atoms with Gasteiger partial charge in [-0.2, -0.15) is 0 Å². The molecule has 4 unspecified atom stereocenters. The van der Waals surface area contributed by atoms with Crippen molar-refractivity contribution in [3.05, 3.63) is 0 Å². The fourth-order valence-electron chi connectivity index (χ4n) is 3.45. The minimum atomic E-state index is 0.808. The number of nitrogens with one attached hydrogen (secondary N) is 1. The Morgan fingerprint density at radius 2 is 1.80 bits per heavy atom. The van der Waals surface area contributed by atoms with Crippen LogP contribution in [0.4, 0.5) is 0 Å². The second kappa shape index (κ2) is 4.86. The van der Waals surface area contributed by atoms with Crippen LogP contribution in [0.3, 0.4) is 0 Å². The lowest BCUT2D eigenvalue weighted by Gasteiger charge is -2.31. The van der Waals surface area contributed by atoms with Crippen molar-refractivity contribution in [2.75, 3.05) is 6.54 Å². The maximum atomic E-state index is 3.80. The fraction of sp³-hybridized carbons (Fsp3) is 1.00. The van der Waals surface area contributed by atoms with Gasteiger partial charge in [0.05, 0.1) is 0 Å². The van der Waals surface area contributed by atoms with Gasteiger partial charge in [0, 0.05) is 6.04 Å². The van der Waals surface area contributed by atoms with Gasteiger partial charge in [0.1, 0.15) is 0 Å². The van der Waals surface area contributed by atoms with Gasteiger partial charge in [-0.05, 0) is 55.9 Å². The summed E-state index contributed by atoms with van der Waals surface area (Å²) in [5.41, 5.74) is 0. The third kappa shape index (κ3) is 2.55. The summed E-state index contributed by atoms with van der Waals surface area (Å²) in [7, 11) is 0. The van der Waals surface area contributed by atoms with Crippen molar-refractivity contribution in [2.24, 2.45) is 23.7 Å². The van der Waals surface area contributed by atoms with Crippen LogP contribution in [0.15, 0.2) is 0 Å². The fourth-order valence-corrected chi connectivity index (χ4v) is 3.45. The molecule has 2 fully saturated rings. The standard InChI is InChI=1S/C14H27N/c1-4-6-15-14(10(3)5-2)13-8-11-7-12(11)9-13/h10-15H,4-9H2,1-3H3. The second-order valence-corrected chi connectivity index (χ2v) is 5.85. The predicted octanol–water partition coefficient (Wildman–Crippen LogP) is 3.45. The first-order valence-electron chi connectivity index (χ1n) is 6.99. The van der Waals surface area contributed by atoms with Gasteiger partial charge < -0.3 is 5.32 Å². The van der Waals surface area contributed by atoms with E-state index in [9.17, 15) is 0 Å². The Kier molecular flexibility index (Phi) is 3.71. The Bertz CT molecular complexity index is 192. The van der Waals surface area contributed by atoms with Gasteiger partial charge in [0.25, 0.3) is 0 Å². The molecule has 0 heterocycles. The highest BCUT2D eigenvalue weighted by Gasteiger charge is 2.48. The first kappa shape index (κ1) is 11.4. The molecule has 4 atom stereocenters. The molecule has 2 aliphatic rings. The van der Waals surface area contributed by atoms with E-state index in [-0.39, 0.29) is 0 Å². The zero-order valence-corrected chi connectivity index (χ0v) is 10.6. The average molecular weight is 209 g/mol. The molecule has 88 valence electrons. The first-order chi connectivity index (χ1) is 7.26. The van der Waals surface area contributed by atoms with E-state index in [0.717, 1.165) is 29.7 Å². The van der Waals surface area contributed by atoms with E-state index in [0.29, 0.717) is 0 Å². The summed E-state index contributed by atoms with van der Waals surface area (Å²) < 4.78 is 0. The lowest BCUT2D eigenvalue weighted by molar-refractivity contribution is 0.252. The number of hydrogen-bond donors (Lipinski definition) is 1. The van der Waals surface area contributed by atoms with Gasteiger partial charge in [0.15, 0.2) is 0 Å². The van der Waals surface area contributed by atoms with Gasteiger partial charge in [-0.25, -0.2) is 0 Å². The monoisotopic (exact) mass is 209 g/mol. The summed E-state index contributed by atoms with van der Waals surface area (Å²) >= 11 is 0. The molecule has 0 radical (unpaired) electrons. The van der Waals surface area contributed by atoms with Gasteiger partial charge in [0.2, 0.25) is 0 Å². The minimum Gasteiger partial charge on any atom is -0.313 e. The van der Waals surface area contributed by atoms with Crippen LogP contribution >= 0.6 is 0 Å². The average Bonchev–Trinajstić information content (AvgIpc) is 2.86. The Morgan fingerprint density at radius 3 is 2.33 bits per heavy atom. The molecule has 15 heavy (non-hydrogen) atoms. The third-order valence-corrected chi connectivity index (χ3v) is 4.67. The third-order valence-electron chi connectivity index (χ3n) is 4.67. The Morgan fingerprint density at radius 1 is 1.13 bits per heavy atom. The molecular weight excluding hydrogens is 182 g/mol. The highest BCUT2D eigenvalue weighted by molar-refractivity contribution is 5.00. The van der Waals surface area contributed by atoms with E-state index in [4.69, 9.17) is 0 Å². The van der Waals surface area contributed by atoms with Gasteiger partial charge >= 0.3 is 0 Å². The SMILES string of the molecule is CCCNC(C(C)CC)C1CC2CC2C1. The Hall–Kier alpha value is -0.0400. The molecule has 0 aromatic carbocycles. The number of fused-ring (bicyclic) bond motifs is 1. The van der Waals surface area contributed by atoms with Crippen LogP contribution in [0, 0.1) is 23.7 Å². The van der Waals surface area contributed by atoms with Crippen LogP contribution in [-0.4, -0.2) is 12.6 Å². The van der Waals surface area contributed by atoms with Crippen LogP contribution in [0.1, 0.15) is 52.9 Å². The molecule has 0 amide bonds. The van der Waals surface area contributed by atoms with Crippen molar-refractivity contribution in [3.63, 3.8) is 0 Å². The van der Waals surface area contributed by atoms with Crippen LogP contribution in [0.5, 0.6) is 0 Å². The zero-order chi connectivity index (χ0) is 10.8. The maximum absolute atomic E-state index is 3.80. The molecule has 2 aliphatic carbocycles. The highest BCUT2D eigenvalue weighted by atomic mass is 14.9. The number of rotatable bonds is 6. The molecule has 1 heteroatoms. The first-order valence-corrected chi connectivity index (χ1v) is 6.99. The van der Waals surface area contributed by atoms with E-state index in [2.05, 4.69) is 26.1 Å². The molecule has 1 N–H and O–H groups in total. The van der Waals surface area contributed by atoms with Crippen molar-refractivity contribution < 1.29 is 0 Å². The van der Waals surface area contributed by atoms with E-state index in [1.165, 1.54) is 32.2 Å². The smallest absolute Gasteiger partial charge is 0.0121 e. The molecule has 2 rings (SSSR count). The largest absolute Gasteiger partial charge is 0.313 e. The molecule has 0 aromatic heterocycles. The van der Waals surface area contributed by atoms with E-state index in [1.807, 2.05) is 0 Å². The van der Waals surface area contributed by atoms with Crippen molar-refractivity contribution in [3.8, 4) is 0 Å². The zero-order valence-electron chi connectivity index (χ0n) is 10.6. The summed E-state index contributed by atoms with van der Waals surface area (Å²) in [6, 6.07) is 0.808. The molecule has 1 nitrogen and oxygen atoms in total. The second-order valence-electron chi connectivity index (χ2n) is 5.85. The van der Waals surface area contributed by atoms with Crippen molar-refractivity contribution in [1.82, 2.24) is 5.32 Å². The molecule has 0 bridgehead atoms. The highest BCUT2D eigenvalue weighted by Crippen LogP contribution is 2.55. The molecule has 0 aliphatic heterocycles. The summed E-state index contributed by atoms with van der Waals surface area (Å²) in [5, 5.41) is 3.80. The molecule has 2 saturated carbocycles. The van der Waals surface area contributed by atoms with E-state index >= 15 is 0 Å². The number of hydrogen-bond acceptors (Lipinski definition) is 1. The summed E-state index contributed by atoms with van der Waals surface area (Å²) in [4.78, 5) is 0. The van der Waals surface area contributed by atoms with Crippen molar-refractivity contribution in [2.45, 2.75) is 58.9 Å². The summed E-state index contributed by atoms with van der Waals surface area (Å²) in [6.07, 6.45) is 7.20. The van der Waals surface area contributed by atoms with Crippen molar-refractivity contribution >= 4 is 0 Å². The van der Waals surface area contributed by atoms with Crippen molar-refractivity contribution in [1.29, 1.82) is 0 Å². The lowest BCUT2D eigenvalue weighted by Crippen LogP contribution is -2.41. The van der Waals surface area contributed by atoms with E-state index in [1.54, 1.807) is 6.42 Å². The van der Waals surface area contributed by atoms with Crippen LogP contribution in [0.2, 0.25) is 0 Å².